The molecule has 0 aromatic heterocycles. The molecule has 0 fully saturated rings. The quantitative estimate of drug-likeness (QED) is 0.873. The standard InChI is InChI=1S/C14H18ClNO3/c1-9(10-4-6-11(15)7-5-10)16-12(17)8-14(2,3)13(18)19/h4-7,9H,8H2,1-3H3,(H,16,17)(H,18,19). The van der Waals surface area contributed by atoms with Gasteiger partial charge in [0, 0.05) is 11.4 Å². The Hall–Kier alpha value is -1.55. The topological polar surface area (TPSA) is 66.4 Å². The monoisotopic (exact) mass is 283 g/mol. The summed E-state index contributed by atoms with van der Waals surface area (Å²) in [5, 5.41) is 12.4. The molecule has 0 aliphatic carbocycles. The molecule has 2 N–H and O–H groups in total. The Balaban J connectivity index is 2.62. The zero-order valence-electron chi connectivity index (χ0n) is 11.2. The van der Waals surface area contributed by atoms with E-state index < -0.39 is 11.4 Å². The van der Waals surface area contributed by atoms with Gasteiger partial charge in [0.05, 0.1) is 11.5 Å². The Morgan fingerprint density at radius 2 is 1.84 bits per heavy atom. The van der Waals surface area contributed by atoms with E-state index in [1.165, 1.54) is 13.8 Å². The highest BCUT2D eigenvalue weighted by Gasteiger charge is 2.30. The number of rotatable bonds is 5. The summed E-state index contributed by atoms with van der Waals surface area (Å²) in [5.41, 5.74) is -0.144. The number of hydrogen-bond donors (Lipinski definition) is 2. The Bertz CT molecular complexity index is 468. The van der Waals surface area contributed by atoms with Crippen molar-refractivity contribution >= 4 is 23.5 Å². The third kappa shape index (κ3) is 4.56. The minimum absolute atomic E-state index is 0.0553. The first-order valence-corrected chi connectivity index (χ1v) is 6.38. The first kappa shape index (κ1) is 15.5. The van der Waals surface area contributed by atoms with Gasteiger partial charge in [-0.15, -0.1) is 0 Å². The molecule has 1 rings (SSSR count). The van der Waals surface area contributed by atoms with E-state index in [0.29, 0.717) is 5.02 Å². The molecule has 1 atom stereocenters. The zero-order chi connectivity index (χ0) is 14.6. The normalized spacial score (nSPS) is 12.8. The van der Waals surface area contributed by atoms with Gasteiger partial charge in [0.1, 0.15) is 0 Å². The average Bonchev–Trinajstić information content (AvgIpc) is 2.28. The molecule has 0 spiro atoms. The van der Waals surface area contributed by atoms with Crippen molar-refractivity contribution in [1.29, 1.82) is 0 Å². The van der Waals surface area contributed by atoms with Gasteiger partial charge in [0.2, 0.25) is 5.91 Å². The number of amides is 1. The maximum absolute atomic E-state index is 11.8. The Morgan fingerprint density at radius 3 is 2.32 bits per heavy atom. The maximum Gasteiger partial charge on any atom is 0.309 e. The van der Waals surface area contributed by atoms with Crippen molar-refractivity contribution in [2.75, 3.05) is 0 Å². The minimum atomic E-state index is -1.07. The summed E-state index contributed by atoms with van der Waals surface area (Å²) in [7, 11) is 0. The van der Waals surface area contributed by atoms with Crippen LogP contribution in [0.4, 0.5) is 0 Å². The predicted octanol–water partition coefficient (Wildman–Crippen LogP) is 3.02. The van der Waals surface area contributed by atoms with Crippen molar-refractivity contribution in [3.8, 4) is 0 Å². The van der Waals surface area contributed by atoms with Crippen LogP contribution in [-0.4, -0.2) is 17.0 Å². The third-order valence-corrected chi connectivity index (χ3v) is 3.18. The molecule has 0 saturated carbocycles. The van der Waals surface area contributed by atoms with Gasteiger partial charge in [-0.1, -0.05) is 23.7 Å². The fourth-order valence-electron chi connectivity index (χ4n) is 1.60. The minimum Gasteiger partial charge on any atom is -0.481 e. The van der Waals surface area contributed by atoms with Gasteiger partial charge in [0.25, 0.3) is 0 Å². The second kappa shape index (κ2) is 6.06. The number of carboxylic acids is 1. The molecular formula is C14H18ClNO3. The van der Waals surface area contributed by atoms with E-state index in [1.807, 2.05) is 19.1 Å². The Kier molecular flexibility index (Phi) is 4.95. The largest absolute Gasteiger partial charge is 0.481 e. The molecule has 0 heterocycles. The molecule has 1 unspecified atom stereocenters. The fraction of sp³-hybridized carbons (Fsp3) is 0.429. The summed E-state index contributed by atoms with van der Waals surface area (Å²) in [4.78, 5) is 22.8. The highest BCUT2D eigenvalue weighted by Crippen LogP contribution is 2.21. The number of carbonyl (C=O) groups is 2. The zero-order valence-corrected chi connectivity index (χ0v) is 12.0. The number of aliphatic carboxylic acids is 1. The molecule has 0 aliphatic rings. The van der Waals surface area contributed by atoms with E-state index in [9.17, 15) is 9.59 Å². The Labute approximate surface area is 117 Å². The lowest BCUT2D eigenvalue weighted by Gasteiger charge is -2.20. The van der Waals surface area contributed by atoms with E-state index in [0.717, 1.165) is 5.56 Å². The second-order valence-corrected chi connectivity index (χ2v) is 5.64. The number of nitrogens with one attached hydrogen (secondary N) is 1. The lowest BCUT2D eigenvalue weighted by molar-refractivity contribution is -0.149. The molecule has 1 aromatic rings. The van der Waals surface area contributed by atoms with Crippen molar-refractivity contribution < 1.29 is 14.7 Å². The number of benzene rings is 1. The van der Waals surface area contributed by atoms with Crippen LogP contribution in [-0.2, 0) is 9.59 Å². The van der Waals surface area contributed by atoms with Crippen LogP contribution in [0.1, 0.15) is 38.8 Å². The van der Waals surface area contributed by atoms with Gasteiger partial charge in [-0.3, -0.25) is 9.59 Å². The van der Waals surface area contributed by atoms with Crippen molar-refractivity contribution in [1.82, 2.24) is 5.32 Å². The van der Waals surface area contributed by atoms with E-state index >= 15 is 0 Å². The molecule has 0 radical (unpaired) electrons. The van der Waals surface area contributed by atoms with Crippen LogP contribution in [0.15, 0.2) is 24.3 Å². The van der Waals surface area contributed by atoms with E-state index in [1.54, 1.807) is 12.1 Å². The van der Waals surface area contributed by atoms with Crippen molar-refractivity contribution in [3.63, 3.8) is 0 Å². The second-order valence-electron chi connectivity index (χ2n) is 5.21. The molecule has 0 bridgehead atoms. The van der Waals surface area contributed by atoms with Crippen LogP contribution in [0.5, 0.6) is 0 Å². The van der Waals surface area contributed by atoms with Gasteiger partial charge >= 0.3 is 5.97 Å². The molecule has 19 heavy (non-hydrogen) atoms. The maximum atomic E-state index is 11.8. The summed E-state index contributed by atoms with van der Waals surface area (Å²) in [6, 6.07) is 6.97. The van der Waals surface area contributed by atoms with Crippen molar-refractivity contribution in [2.45, 2.75) is 33.2 Å². The summed E-state index contributed by atoms with van der Waals surface area (Å²) >= 11 is 5.79. The molecule has 0 aliphatic heterocycles. The van der Waals surface area contributed by atoms with E-state index in [2.05, 4.69) is 5.32 Å². The molecule has 1 aromatic carbocycles. The van der Waals surface area contributed by atoms with Crippen LogP contribution >= 0.6 is 11.6 Å². The summed E-state index contributed by atoms with van der Waals surface area (Å²) in [6.45, 7) is 4.90. The summed E-state index contributed by atoms with van der Waals surface area (Å²) in [5.74, 6) is -1.27. The average molecular weight is 284 g/mol. The molecule has 1 amide bonds. The highest BCUT2D eigenvalue weighted by atomic mass is 35.5. The van der Waals surface area contributed by atoms with Crippen LogP contribution in [0.2, 0.25) is 5.02 Å². The summed E-state index contributed by atoms with van der Waals surface area (Å²) in [6.07, 6.45) is -0.0553. The summed E-state index contributed by atoms with van der Waals surface area (Å²) < 4.78 is 0. The molecule has 104 valence electrons. The molecule has 4 nitrogen and oxygen atoms in total. The molecule has 0 saturated heterocycles. The van der Waals surface area contributed by atoms with Crippen LogP contribution in [0.3, 0.4) is 0 Å². The van der Waals surface area contributed by atoms with E-state index in [4.69, 9.17) is 16.7 Å². The van der Waals surface area contributed by atoms with Gasteiger partial charge in [-0.2, -0.15) is 0 Å². The lowest BCUT2D eigenvalue weighted by Crippen LogP contribution is -2.34. The third-order valence-electron chi connectivity index (χ3n) is 2.93. The molecule has 5 heteroatoms. The number of carboxylic acid groups (broad SMARTS) is 1. The van der Waals surface area contributed by atoms with Crippen LogP contribution < -0.4 is 5.32 Å². The van der Waals surface area contributed by atoms with Gasteiger partial charge in [-0.05, 0) is 38.5 Å². The first-order valence-electron chi connectivity index (χ1n) is 6.00. The van der Waals surface area contributed by atoms with Gasteiger partial charge in [0.15, 0.2) is 0 Å². The lowest BCUT2D eigenvalue weighted by atomic mass is 9.89. The number of carbonyl (C=O) groups excluding carboxylic acids is 1. The first-order chi connectivity index (χ1) is 8.72. The van der Waals surface area contributed by atoms with Gasteiger partial charge in [-0.25, -0.2) is 0 Å². The SMILES string of the molecule is CC(NC(=O)CC(C)(C)C(=O)O)c1ccc(Cl)cc1. The Morgan fingerprint density at radius 1 is 1.32 bits per heavy atom. The van der Waals surface area contributed by atoms with E-state index in [-0.39, 0.29) is 18.4 Å². The molecular weight excluding hydrogens is 266 g/mol. The van der Waals surface area contributed by atoms with Crippen molar-refractivity contribution in [2.24, 2.45) is 5.41 Å². The highest BCUT2D eigenvalue weighted by molar-refractivity contribution is 6.30. The van der Waals surface area contributed by atoms with Crippen molar-refractivity contribution in [3.05, 3.63) is 34.9 Å². The fourth-order valence-corrected chi connectivity index (χ4v) is 1.73. The van der Waals surface area contributed by atoms with Crippen LogP contribution in [0, 0.1) is 5.41 Å². The number of hydrogen-bond acceptors (Lipinski definition) is 2. The number of halogens is 1. The smallest absolute Gasteiger partial charge is 0.309 e. The predicted molar refractivity (Wildman–Crippen MR) is 74.0 cm³/mol. The van der Waals surface area contributed by atoms with Crippen LogP contribution in [0.25, 0.3) is 0 Å². The van der Waals surface area contributed by atoms with Gasteiger partial charge < -0.3 is 10.4 Å².